The van der Waals surface area contributed by atoms with Crippen LogP contribution in [0.2, 0.25) is 0 Å². The highest BCUT2D eigenvalue weighted by atomic mass is 127. The minimum atomic E-state index is 0.260. The number of benzene rings is 2. The zero-order valence-electron chi connectivity index (χ0n) is 12.0. The summed E-state index contributed by atoms with van der Waals surface area (Å²) in [5.41, 5.74) is 8.28. The molecule has 1 atom stereocenters. The van der Waals surface area contributed by atoms with Gasteiger partial charge in [0.25, 0.3) is 0 Å². The van der Waals surface area contributed by atoms with Crippen molar-refractivity contribution in [3.63, 3.8) is 0 Å². The number of aryl methyl sites for hydroxylation is 2. The smallest absolute Gasteiger partial charge is 0.0291 e. The van der Waals surface area contributed by atoms with E-state index in [0.717, 1.165) is 12.8 Å². The molecule has 2 rings (SSSR count). The Morgan fingerprint density at radius 3 is 2.40 bits per heavy atom. The van der Waals surface area contributed by atoms with Crippen molar-refractivity contribution >= 4 is 22.6 Å². The van der Waals surface area contributed by atoms with Crippen molar-refractivity contribution in [3.05, 3.63) is 68.3 Å². The SMILES string of the molecule is Cc1ccc(C)c(CC(Cc2ccc(I)cc2)NN)c1. The van der Waals surface area contributed by atoms with Crippen LogP contribution in [0.1, 0.15) is 22.3 Å². The molecule has 3 heteroatoms. The molecule has 2 aromatic carbocycles. The second-order valence-corrected chi connectivity index (χ2v) is 6.57. The predicted octanol–water partition coefficient (Wildman–Crippen LogP) is 3.53. The van der Waals surface area contributed by atoms with Gasteiger partial charge in [-0.3, -0.25) is 11.3 Å². The summed E-state index contributed by atoms with van der Waals surface area (Å²) in [5.74, 6) is 5.73. The first kappa shape index (κ1) is 15.5. The Morgan fingerprint density at radius 1 is 1.05 bits per heavy atom. The molecule has 0 aliphatic heterocycles. The van der Waals surface area contributed by atoms with Crippen molar-refractivity contribution < 1.29 is 0 Å². The quantitative estimate of drug-likeness (QED) is 0.473. The summed E-state index contributed by atoms with van der Waals surface area (Å²) in [6.45, 7) is 4.29. The number of nitrogens with one attached hydrogen (secondary N) is 1. The third-order valence-electron chi connectivity index (χ3n) is 3.60. The topological polar surface area (TPSA) is 38.0 Å². The van der Waals surface area contributed by atoms with E-state index in [-0.39, 0.29) is 6.04 Å². The van der Waals surface area contributed by atoms with Crippen LogP contribution in [0, 0.1) is 17.4 Å². The van der Waals surface area contributed by atoms with Gasteiger partial charge in [0.1, 0.15) is 0 Å². The molecule has 20 heavy (non-hydrogen) atoms. The summed E-state index contributed by atoms with van der Waals surface area (Å²) in [5, 5.41) is 0. The summed E-state index contributed by atoms with van der Waals surface area (Å²) in [6, 6.07) is 15.5. The van der Waals surface area contributed by atoms with Gasteiger partial charge in [0.15, 0.2) is 0 Å². The van der Waals surface area contributed by atoms with Gasteiger partial charge in [-0.2, -0.15) is 0 Å². The summed E-state index contributed by atoms with van der Waals surface area (Å²) in [7, 11) is 0. The lowest BCUT2D eigenvalue weighted by Gasteiger charge is -2.18. The molecule has 1 unspecified atom stereocenters. The fourth-order valence-corrected chi connectivity index (χ4v) is 2.74. The van der Waals surface area contributed by atoms with Crippen LogP contribution in [-0.4, -0.2) is 6.04 Å². The minimum absolute atomic E-state index is 0.260. The molecular weight excluding hydrogens is 359 g/mol. The lowest BCUT2D eigenvalue weighted by atomic mass is 9.95. The second-order valence-electron chi connectivity index (χ2n) is 5.33. The molecule has 3 N–H and O–H groups in total. The number of hydrazine groups is 1. The average Bonchev–Trinajstić information content (AvgIpc) is 2.44. The average molecular weight is 380 g/mol. The van der Waals surface area contributed by atoms with Gasteiger partial charge in [-0.1, -0.05) is 35.9 Å². The zero-order valence-corrected chi connectivity index (χ0v) is 14.1. The van der Waals surface area contributed by atoms with Gasteiger partial charge in [-0.25, -0.2) is 0 Å². The van der Waals surface area contributed by atoms with Crippen LogP contribution in [0.3, 0.4) is 0 Å². The molecule has 2 nitrogen and oxygen atoms in total. The first-order valence-corrected chi connectivity index (χ1v) is 7.93. The van der Waals surface area contributed by atoms with E-state index in [1.165, 1.54) is 25.8 Å². The Hall–Kier alpha value is -0.910. The Morgan fingerprint density at radius 2 is 1.75 bits per heavy atom. The molecule has 0 heterocycles. The standard InChI is InChI=1S/C17H21IN2/c1-12-3-4-13(2)15(9-12)11-17(20-19)10-14-5-7-16(18)8-6-14/h3-9,17,20H,10-11,19H2,1-2H3. The Balaban J connectivity index is 2.08. The van der Waals surface area contributed by atoms with Crippen molar-refractivity contribution in [1.82, 2.24) is 5.43 Å². The number of halogens is 1. The van der Waals surface area contributed by atoms with E-state index in [9.17, 15) is 0 Å². The van der Waals surface area contributed by atoms with Gasteiger partial charge < -0.3 is 0 Å². The zero-order chi connectivity index (χ0) is 14.5. The fourth-order valence-electron chi connectivity index (χ4n) is 2.38. The van der Waals surface area contributed by atoms with Gasteiger partial charge in [0, 0.05) is 9.61 Å². The highest BCUT2D eigenvalue weighted by Crippen LogP contribution is 2.15. The van der Waals surface area contributed by atoms with E-state index in [1.807, 2.05) is 0 Å². The maximum Gasteiger partial charge on any atom is 0.0291 e. The number of rotatable bonds is 5. The van der Waals surface area contributed by atoms with Gasteiger partial charge >= 0.3 is 0 Å². The lowest BCUT2D eigenvalue weighted by Crippen LogP contribution is -2.38. The van der Waals surface area contributed by atoms with Crippen molar-refractivity contribution in [3.8, 4) is 0 Å². The molecule has 0 amide bonds. The third-order valence-corrected chi connectivity index (χ3v) is 4.32. The van der Waals surface area contributed by atoms with Crippen LogP contribution >= 0.6 is 22.6 Å². The lowest BCUT2D eigenvalue weighted by molar-refractivity contribution is 0.521. The van der Waals surface area contributed by atoms with E-state index >= 15 is 0 Å². The van der Waals surface area contributed by atoms with Gasteiger partial charge in [-0.05, 0) is 78.1 Å². The number of hydrogen-bond acceptors (Lipinski definition) is 2. The maximum atomic E-state index is 5.73. The summed E-state index contributed by atoms with van der Waals surface area (Å²) < 4.78 is 1.26. The van der Waals surface area contributed by atoms with E-state index in [1.54, 1.807) is 0 Å². The molecule has 0 saturated heterocycles. The van der Waals surface area contributed by atoms with Crippen LogP contribution in [0.25, 0.3) is 0 Å². The Kier molecular flexibility index (Phi) is 5.57. The van der Waals surface area contributed by atoms with Crippen molar-refractivity contribution in [2.75, 3.05) is 0 Å². The monoisotopic (exact) mass is 380 g/mol. The largest absolute Gasteiger partial charge is 0.271 e. The Bertz CT molecular complexity index is 564. The van der Waals surface area contributed by atoms with E-state index < -0.39 is 0 Å². The van der Waals surface area contributed by atoms with Crippen molar-refractivity contribution in [2.24, 2.45) is 5.84 Å². The molecule has 0 fully saturated rings. The van der Waals surface area contributed by atoms with Crippen molar-refractivity contribution in [2.45, 2.75) is 32.7 Å². The highest BCUT2D eigenvalue weighted by Gasteiger charge is 2.10. The first-order valence-electron chi connectivity index (χ1n) is 6.85. The molecular formula is C17H21IN2. The molecule has 2 aromatic rings. The summed E-state index contributed by atoms with van der Waals surface area (Å²) >= 11 is 2.33. The molecule has 0 aliphatic carbocycles. The van der Waals surface area contributed by atoms with Gasteiger partial charge in [0.05, 0.1) is 0 Å². The molecule has 0 bridgehead atoms. The van der Waals surface area contributed by atoms with Gasteiger partial charge in [-0.15, -0.1) is 0 Å². The number of hydrogen-bond donors (Lipinski definition) is 2. The second kappa shape index (κ2) is 7.20. The molecule has 0 saturated carbocycles. The minimum Gasteiger partial charge on any atom is -0.271 e. The fraction of sp³-hybridized carbons (Fsp3) is 0.294. The molecule has 0 aliphatic rings. The van der Waals surface area contributed by atoms with E-state index in [2.05, 4.69) is 84.3 Å². The highest BCUT2D eigenvalue weighted by molar-refractivity contribution is 14.1. The molecule has 0 spiro atoms. The van der Waals surface area contributed by atoms with Crippen LogP contribution in [0.15, 0.2) is 42.5 Å². The molecule has 0 radical (unpaired) electrons. The predicted molar refractivity (Wildman–Crippen MR) is 93.6 cm³/mol. The van der Waals surface area contributed by atoms with E-state index in [0.29, 0.717) is 0 Å². The first-order chi connectivity index (χ1) is 9.58. The van der Waals surface area contributed by atoms with Crippen LogP contribution < -0.4 is 11.3 Å². The van der Waals surface area contributed by atoms with Crippen LogP contribution in [-0.2, 0) is 12.8 Å². The summed E-state index contributed by atoms with van der Waals surface area (Å²) in [6.07, 6.45) is 1.90. The normalized spacial score (nSPS) is 12.4. The molecule has 106 valence electrons. The van der Waals surface area contributed by atoms with Crippen LogP contribution in [0.4, 0.5) is 0 Å². The maximum absolute atomic E-state index is 5.73. The summed E-state index contributed by atoms with van der Waals surface area (Å²) in [4.78, 5) is 0. The van der Waals surface area contributed by atoms with Crippen molar-refractivity contribution in [1.29, 1.82) is 0 Å². The number of nitrogens with two attached hydrogens (primary N) is 1. The Labute approximate surface area is 134 Å². The van der Waals surface area contributed by atoms with Crippen LogP contribution in [0.5, 0.6) is 0 Å². The third kappa shape index (κ3) is 4.30. The van der Waals surface area contributed by atoms with Gasteiger partial charge in [0.2, 0.25) is 0 Å². The van der Waals surface area contributed by atoms with E-state index in [4.69, 9.17) is 5.84 Å². The molecule has 0 aromatic heterocycles.